The summed E-state index contributed by atoms with van der Waals surface area (Å²) in [7, 11) is 1.45. The molecule has 0 spiro atoms. The van der Waals surface area contributed by atoms with E-state index in [4.69, 9.17) is 0 Å². The highest BCUT2D eigenvalue weighted by atomic mass is 19.4. The van der Waals surface area contributed by atoms with Crippen LogP contribution in [0.3, 0.4) is 0 Å². The first-order valence-corrected chi connectivity index (χ1v) is 7.03. The van der Waals surface area contributed by atoms with Gasteiger partial charge in [0.1, 0.15) is 5.69 Å². The summed E-state index contributed by atoms with van der Waals surface area (Å²) in [6.07, 6.45) is -3.97. The topological polar surface area (TPSA) is 110 Å². The zero-order valence-corrected chi connectivity index (χ0v) is 13.0. The molecule has 1 aliphatic heterocycles. The maximum Gasteiger partial charge on any atom is 0.401 e. The highest BCUT2D eigenvalue weighted by molar-refractivity contribution is 5.89. The van der Waals surface area contributed by atoms with Crippen molar-refractivity contribution in [1.82, 2.24) is 25.3 Å². The van der Waals surface area contributed by atoms with Crippen molar-refractivity contribution in [3.05, 3.63) is 17.5 Å². The van der Waals surface area contributed by atoms with Crippen LogP contribution in [0, 0.1) is 0 Å². The van der Waals surface area contributed by atoms with Crippen molar-refractivity contribution in [3.63, 3.8) is 0 Å². The summed E-state index contributed by atoms with van der Waals surface area (Å²) < 4.78 is 38.1. The Hall–Kier alpha value is -1.70. The van der Waals surface area contributed by atoms with Gasteiger partial charge in [-0.25, -0.2) is 4.79 Å². The van der Waals surface area contributed by atoms with Gasteiger partial charge in [0, 0.05) is 13.6 Å². The Morgan fingerprint density at radius 2 is 2.12 bits per heavy atom. The quantitative estimate of drug-likeness (QED) is 0.503. The molecule has 2 rings (SSSR count). The highest BCUT2D eigenvalue weighted by Crippen LogP contribution is 2.30. The molecule has 0 radical (unpaired) electrons. The smallest absolute Gasteiger partial charge is 0.401 e. The number of aryl methyl sites for hydroxylation is 1. The van der Waals surface area contributed by atoms with Gasteiger partial charge in [0.15, 0.2) is 0 Å². The average molecular weight is 354 g/mol. The number of aromatic nitrogens is 1. The summed E-state index contributed by atoms with van der Waals surface area (Å²) in [5.41, 5.74) is 2.23. The van der Waals surface area contributed by atoms with Gasteiger partial charge < -0.3 is 9.67 Å². The molecule has 0 bridgehead atoms. The molecular formula is C12H19F3N5O4+. The lowest BCUT2D eigenvalue weighted by Gasteiger charge is -2.30. The third-order valence-corrected chi connectivity index (χ3v) is 3.74. The Labute approximate surface area is 134 Å². The minimum atomic E-state index is -4.41. The van der Waals surface area contributed by atoms with Crippen molar-refractivity contribution in [2.45, 2.75) is 25.7 Å². The van der Waals surface area contributed by atoms with Crippen LogP contribution in [0.25, 0.3) is 0 Å². The summed E-state index contributed by atoms with van der Waals surface area (Å²) in [6, 6.07) is 0. The van der Waals surface area contributed by atoms with Crippen LogP contribution in [0.1, 0.15) is 23.0 Å². The molecule has 9 nitrogen and oxygen atoms in total. The number of halogens is 3. The van der Waals surface area contributed by atoms with E-state index in [1.165, 1.54) is 24.7 Å². The molecule has 2 heterocycles. The molecule has 0 saturated heterocycles. The van der Waals surface area contributed by atoms with Gasteiger partial charge in [-0.3, -0.25) is 5.32 Å². The molecule has 1 unspecified atom stereocenters. The lowest BCUT2D eigenvalue weighted by molar-refractivity contribution is -0.355. The number of alkyl halides is 3. The zero-order chi connectivity index (χ0) is 18.3. The Balaban J connectivity index is 2.23. The fourth-order valence-electron chi connectivity index (χ4n) is 2.62. The fourth-order valence-corrected chi connectivity index (χ4v) is 2.62. The molecule has 1 aromatic rings. The van der Waals surface area contributed by atoms with E-state index in [0.29, 0.717) is 0 Å². The Kier molecular flexibility index (Phi) is 4.90. The van der Waals surface area contributed by atoms with Crippen LogP contribution in [0.2, 0.25) is 0 Å². The van der Waals surface area contributed by atoms with Crippen molar-refractivity contribution in [2.75, 3.05) is 13.1 Å². The summed E-state index contributed by atoms with van der Waals surface area (Å²) in [5.74, 6) is -1.24. The molecule has 12 heteroatoms. The van der Waals surface area contributed by atoms with E-state index >= 15 is 0 Å². The average Bonchev–Trinajstić information content (AvgIpc) is 2.71. The number of hydrazine groups is 1. The van der Waals surface area contributed by atoms with Crippen LogP contribution in [-0.2, 0) is 13.5 Å². The number of fused-ring (bicyclic) bond motifs is 1. The minimum absolute atomic E-state index is 0.0600. The highest BCUT2D eigenvalue weighted by Gasteiger charge is 2.42. The van der Waals surface area contributed by atoms with E-state index in [1.54, 1.807) is 0 Å². The molecule has 1 aliphatic rings. The third kappa shape index (κ3) is 3.85. The first kappa shape index (κ1) is 18.6. The second-order valence-corrected chi connectivity index (χ2v) is 5.57. The maximum atomic E-state index is 12.3. The predicted molar refractivity (Wildman–Crippen MR) is 74.8 cm³/mol. The number of carboxylic acids is 1. The van der Waals surface area contributed by atoms with Gasteiger partial charge in [0.25, 0.3) is 0 Å². The summed E-state index contributed by atoms with van der Waals surface area (Å²) in [5, 5.41) is 32.9. The minimum Gasteiger partial charge on any atom is -0.477 e. The summed E-state index contributed by atoms with van der Waals surface area (Å²) >= 11 is 0. The zero-order valence-electron chi connectivity index (χ0n) is 13.0. The SMILES string of the molecule is CC(NCC(F)(F)F)N1CCc2c(cn(C)c2C(=O)O)[N+](O)(O)N1. The molecule has 1 atom stereocenters. The molecule has 0 amide bonds. The Morgan fingerprint density at radius 1 is 1.50 bits per heavy atom. The summed E-state index contributed by atoms with van der Waals surface area (Å²) in [6.45, 7) is 0.217. The number of hydrogen-bond acceptors (Lipinski definition) is 6. The molecule has 1 aromatic heterocycles. The van der Waals surface area contributed by atoms with E-state index in [0.717, 1.165) is 5.01 Å². The van der Waals surface area contributed by atoms with Crippen molar-refractivity contribution in [3.8, 4) is 0 Å². The van der Waals surface area contributed by atoms with Crippen molar-refractivity contribution >= 4 is 11.7 Å². The predicted octanol–water partition coefficient (Wildman–Crippen LogP) is 0.585. The number of carbonyl (C=O) groups is 1. The van der Waals surface area contributed by atoms with E-state index in [2.05, 4.69) is 10.9 Å². The molecule has 0 aliphatic carbocycles. The van der Waals surface area contributed by atoms with Gasteiger partial charge >= 0.3 is 12.1 Å². The van der Waals surface area contributed by atoms with Crippen molar-refractivity contribution in [1.29, 1.82) is 0 Å². The van der Waals surface area contributed by atoms with Crippen LogP contribution in [0.15, 0.2) is 6.20 Å². The van der Waals surface area contributed by atoms with Crippen LogP contribution in [0.4, 0.5) is 18.9 Å². The Bertz CT molecular complexity index is 631. The number of aromatic carboxylic acids is 1. The number of rotatable bonds is 4. The molecule has 0 saturated carbocycles. The number of quaternary nitrogens is 1. The lowest BCUT2D eigenvalue weighted by Crippen LogP contribution is -2.65. The first-order valence-electron chi connectivity index (χ1n) is 7.03. The van der Waals surface area contributed by atoms with Gasteiger partial charge in [-0.2, -0.15) is 28.6 Å². The third-order valence-electron chi connectivity index (χ3n) is 3.74. The van der Waals surface area contributed by atoms with E-state index in [9.17, 15) is 33.5 Å². The molecule has 5 N–H and O–H groups in total. The molecule has 24 heavy (non-hydrogen) atoms. The monoisotopic (exact) mass is 354 g/mol. The summed E-state index contributed by atoms with van der Waals surface area (Å²) in [4.78, 5) is 9.48. The van der Waals surface area contributed by atoms with E-state index < -0.39 is 29.8 Å². The molecule has 0 aromatic carbocycles. The van der Waals surface area contributed by atoms with Gasteiger partial charge in [-0.15, -0.1) is 0 Å². The number of nitrogens with zero attached hydrogens (tertiary/aromatic N) is 3. The van der Waals surface area contributed by atoms with Gasteiger partial charge in [-0.1, -0.05) is 0 Å². The Morgan fingerprint density at radius 3 is 2.67 bits per heavy atom. The maximum absolute atomic E-state index is 12.3. The molecular weight excluding hydrogens is 335 g/mol. The first-order chi connectivity index (χ1) is 10.9. The fraction of sp³-hybridized carbons (Fsp3) is 0.583. The van der Waals surface area contributed by atoms with Crippen LogP contribution in [0.5, 0.6) is 0 Å². The van der Waals surface area contributed by atoms with Crippen molar-refractivity contribution < 1.29 is 33.5 Å². The number of nitrogens with one attached hydrogen (secondary N) is 2. The standard InChI is InChI=1S/C12H18F3N5O4/c1-7(16-6-12(13,14)15)19-4-3-8-9(20(23,24)17-19)5-18(2)10(8)11(21)22/h5,7,16-17,23-24H,3-4,6H2,1-2H3/p+1. The second-order valence-electron chi connectivity index (χ2n) is 5.57. The molecule has 136 valence electrons. The van der Waals surface area contributed by atoms with Crippen LogP contribution in [-0.4, -0.2) is 56.5 Å². The second kappa shape index (κ2) is 6.31. The number of hydrogen-bond donors (Lipinski definition) is 5. The van der Waals surface area contributed by atoms with Gasteiger partial charge in [0.2, 0.25) is 5.69 Å². The number of carboxylic acid groups (broad SMARTS) is 1. The van der Waals surface area contributed by atoms with Gasteiger partial charge in [0.05, 0.1) is 29.4 Å². The van der Waals surface area contributed by atoms with E-state index in [1.807, 2.05) is 0 Å². The largest absolute Gasteiger partial charge is 0.477 e. The van der Waals surface area contributed by atoms with Crippen LogP contribution < -0.4 is 15.8 Å². The van der Waals surface area contributed by atoms with E-state index in [-0.39, 0.29) is 29.9 Å². The van der Waals surface area contributed by atoms with Crippen LogP contribution >= 0.6 is 0 Å². The van der Waals surface area contributed by atoms with Crippen molar-refractivity contribution in [2.24, 2.45) is 7.05 Å². The molecule has 0 fully saturated rings. The van der Waals surface area contributed by atoms with Gasteiger partial charge in [-0.05, 0) is 18.9 Å². The normalized spacial score (nSPS) is 19.6. The lowest BCUT2D eigenvalue weighted by atomic mass is 10.1.